The molecule has 0 radical (unpaired) electrons. The van der Waals surface area contributed by atoms with Crippen LogP contribution in [0.4, 0.5) is 0 Å². The number of rotatable bonds is 3. The van der Waals surface area contributed by atoms with Gasteiger partial charge >= 0.3 is 0 Å². The van der Waals surface area contributed by atoms with Crippen molar-refractivity contribution in [1.82, 2.24) is 0 Å². The first-order valence-corrected chi connectivity index (χ1v) is 7.32. The van der Waals surface area contributed by atoms with Gasteiger partial charge < -0.3 is 0 Å². The van der Waals surface area contributed by atoms with Gasteiger partial charge in [-0.2, -0.15) is 0 Å². The lowest BCUT2D eigenvalue weighted by molar-refractivity contribution is 0.908. The van der Waals surface area contributed by atoms with Crippen LogP contribution in [-0.2, 0) is 6.42 Å². The predicted molar refractivity (Wildman–Crippen MR) is 84.7 cm³/mol. The Hall–Kier alpha value is -0.690. The average molecular weight is 314 g/mol. The first-order chi connectivity index (χ1) is 8.99. The summed E-state index contributed by atoms with van der Waals surface area (Å²) in [6.07, 6.45) is 0.711. The van der Waals surface area contributed by atoms with E-state index in [2.05, 4.69) is 6.07 Å². The molecule has 0 saturated carbocycles. The quantitative estimate of drug-likeness (QED) is 0.598. The van der Waals surface area contributed by atoms with E-state index in [9.17, 15) is 0 Å². The summed E-state index contributed by atoms with van der Waals surface area (Å²) in [5, 5.41) is 1.44. The lowest BCUT2D eigenvalue weighted by Crippen LogP contribution is -2.00. The lowest BCUT2D eigenvalue weighted by atomic mass is 9.98. The molecule has 0 bridgehead atoms. The molecule has 2 aromatic carbocycles. The Bertz CT molecular complexity index is 591. The highest BCUT2D eigenvalue weighted by Crippen LogP contribution is 2.32. The monoisotopic (exact) mass is 312 g/mol. The summed E-state index contributed by atoms with van der Waals surface area (Å²) >= 11 is 18.8. The van der Waals surface area contributed by atoms with E-state index in [-0.39, 0.29) is 5.38 Å². The second-order valence-electron chi connectivity index (χ2n) is 4.72. The van der Waals surface area contributed by atoms with E-state index >= 15 is 0 Å². The first-order valence-electron chi connectivity index (χ1n) is 6.13. The highest BCUT2D eigenvalue weighted by molar-refractivity contribution is 6.32. The number of alkyl halides is 1. The molecule has 0 heterocycles. The number of hydrogen-bond donors (Lipinski definition) is 0. The van der Waals surface area contributed by atoms with Crippen LogP contribution in [0.1, 0.15) is 27.6 Å². The smallest absolute Gasteiger partial charge is 0.0628 e. The van der Waals surface area contributed by atoms with Crippen LogP contribution in [0.25, 0.3) is 0 Å². The topological polar surface area (TPSA) is 0 Å². The van der Waals surface area contributed by atoms with Gasteiger partial charge in [0.2, 0.25) is 0 Å². The third kappa shape index (κ3) is 3.45. The van der Waals surface area contributed by atoms with Gasteiger partial charge in [0, 0.05) is 10.0 Å². The maximum Gasteiger partial charge on any atom is 0.0628 e. The minimum absolute atomic E-state index is 0.101. The second-order valence-corrected chi connectivity index (χ2v) is 6.06. The highest BCUT2D eigenvalue weighted by atomic mass is 35.5. The number of halogens is 3. The Morgan fingerprint density at radius 2 is 1.63 bits per heavy atom. The van der Waals surface area contributed by atoms with E-state index in [0.717, 1.165) is 32.3 Å². The summed E-state index contributed by atoms with van der Waals surface area (Å²) in [5.41, 5.74) is 4.34. The van der Waals surface area contributed by atoms with Crippen LogP contribution < -0.4 is 0 Å². The molecule has 2 rings (SSSR count). The van der Waals surface area contributed by atoms with Crippen LogP contribution >= 0.6 is 34.8 Å². The molecule has 1 unspecified atom stereocenters. The Kier molecular flexibility index (Phi) is 4.78. The SMILES string of the molecule is Cc1cc(C(Cl)Cc2ccccc2Cl)c(C)cc1Cl. The molecular weight excluding hydrogens is 299 g/mol. The molecule has 0 amide bonds. The van der Waals surface area contributed by atoms with Gasteiger partial charge in [-0.1, -0.05) is 47.5 Å². The zero-order valence-corrected chi connectivity index (χ0v) is 13.2. The van der Waals surface area contributed by atoms with Crippen molar-refractivity contribution in [2.75, 3.05) is 0 Å². The summed E-state index contributed by atoms with van der Waals surface area (Å²) in [7, 11) is 0. The van der Waals surface area contributed by atoms with Gasteiger partial charge in [0.15, 0.2) is 0 Å². The molecule has 3 heteroatoms. The molecular formula is C16H15Cl3. The van der Waals surface area contributed by atoms with E-state index in [1.165, 1.54) is 0 Å². The summed E-state index contributed by atoms with van der Waals surface area (Å²) < 4.78 is 0. The third-order valence-corrected chi connectivity index (χ3v) is 4.41. The van der Waals surface area contributed by atoms with Crippen molar-refractivity contribution in [2.24, 2.45) is 0 Å². The summed E-state index contributed by atoms with van der Waals surface area (Å²) in [4.78, 5) is 0. The van der Waals surface area contributed by atoms with Crippen molar-refractivity contribution in [3.05, 3.63) is 68.7 Å². The molecule has 0 nitrogen and oxygen atoms in total. The van der Waals surface area contributed by atoms with Gasteiger partial charge in [0.05, 0.1) is 5.38 Å². The van der Waals surface area contributed by atoms with Crippen LogP contribution in [0.3, 0.4) is 0 Å². The molecule has 0 fully saturated rings. The van der Waals surface area contributed by atoms with E-state index in [4.69, 9.17) is 34.8 Å². The van der Waals surface area contributed by atoms with Crippen molar-refractivity contribution in [2.45, 2.75) is 25.6 Å². The zero-order valence-electron chi connectivity index (χ0n) is 10.9. The minimum Gasteiger partial charge on any atom is -0.117 e. The molecule has 0 aliphatic rings. The van der Waals surface area contributed by atoms with E-state index in [1.54, 1.807) is 0 Å². The molecule has 0 aliphatic carbocycles. The Morgan fingerprint density at radius 3 is 2.32 bits per heavy atom. The molecule has 19 heavy (non-hydrogen) atoms. The Balaban J connectivity index is 2.28. The van der Waals surface area contributed by atoms with Crippen molar-refractivity contribution in [1.29, 1.82) is 0 Å². The first kappa shape index (κ1) is 14.7. The van der Waals surface area contributed by atoms with Crippen LogP contribution in [0.2, 0.25) is 10.0 Å². The summed E-state index contributed by atoms with van der Waals surface area (Å²) in [6.45, 7) is 4.02. The van der Waals surface area contributed by atoms with Crippen LogP contribution in [0.5, 0.6) is 0 Å². The maximum absolute atomic E-state index is 6.54. The summed E-state index contributed by atoms with van der Waals surface area (Å²) in [5.74, 6) is 0. The van der Waals surface area contributed by atoms with Gasteiger partial charge in [-0.05, 0) is 54.7 Å². The predicted octanol–water partition coefficient (Wildman–Crippen LogP) is 6.13. The molecule has 0 saturated heterocycles. The van der Waals surface area contributed by atoms with Crippen molar-refractivity contribution < 1.29 is 0 Å². The molecule has 0 spiro atoms. The van der Waals surface area contributed by atoms with Gasteiger partial charge in [0.1, 0.15) is 0 Å². The molecule has 1 atom stereocenters. The second kappa shape index (κ2) is 6.17. The fourth-order valence-corrected chi connectivity index (χ4v) is 2.94. The van der Waals surface area contributed by atoms with E-state index < -0.39 is 0 Å². The highest BCUT2D eigenvalue weighted by Gasteiger charge is 2.14. The van der Waals surface area contributed by atoms with Crippen LogP contribution in [0.15, 0.2) is 36.4 Å². The largest absolute Gasteiger partial charge is 0.117 e. The maximum atomic E-state index is 6.54. The molecule has 100 valence electrons. The molecule has 2 aromatic rings. The van der Waals surface area contributed by atoms with Crippen molar-refractivity contribution in [3.63, 3.8) is 0 Å². The van der Waals surface area contributed by atoms with Gasteiger partial charge in [0.25, 0.3) is 0 Å². The standard InChI is InChI=1S/C16H15Cl3/c1-10-8-15(18)11(2)7-13(10)16(19)9-12-5-3-4-6-14(12)17/h3-8,16H,9H2,1-2H3. The zero-order chi connectivity index (χ0) is 14.0. The van der Waals surface area contributed by atoms with Crippen LogP contribution in [-0.4, -0.2) is 0 Å². The molecule has 0 aromatic heterocycles. The van der Waals surface area contributed by atoms with Gasteiger partial charge in [-0.3, -0.25) is 0 Å². The minimum atomic E-state index is -0.101. The van der Waals surface area contributed by atoms with Gasteiger partial charge in [-0.25, -0.2) is 0 Å². The van der Waals surface area contributed by atoms with Crippen LogP contribution in [0, 0.1) is 13.8 Å². The normalized spacial score (nSPS) is 12.5. The number of hydrogen-bond acceptors (Lipinski definition) is 0. The number of benzene rings is 2. The van der Waals surface area contributed by atoms with Crippen molar-refractivity contribution >= 4 is 34.8 Å². The molecule has 0 N–H and O–H groups in total. The fraction of sp³-hybridized carbons (Fsp3) is 0.250. The van der Waals surface area contributed by atoms with Gasteiger partial charge in [-0.15, -0.1) is 11.6 Å². The lowest BCUT2D eigenvalue weighted by Gasteiger charge is -2.15. The summed E-state index contributed by atoms with van der Waals surface area (Å²) in [6, 6.07) is 11.8. The van der Waals surface area contributed by atoms with E-state index in [0.29, 0.717) is 6.42 Å². The Labute approximate surface area is 129 Å². The third-order valence-electron chi connectivity index (χ3n) is 3.24. The fourth-order valence-electron chi connectivity index (χ4n) is 2.11. The van der Waals surface area contributed by atoms with Crippen molar-refractivity contribution in [3.8, 4) is 0 Å². The average Bonchev–Trinajstić information content (AvgIpc) is 2.36. The Morgan fingerprint density at radius 1 is 0.947 bits per heavy atom. The molecule has 0 aliphatic heterocycles. The number of aryl methyl sites for hydroxylation is 2. The van der Waals surface area contributed by atoms with E-state index in [1.807, 2.05) is 44.2 Å².